The molecule has 0 bridgehead atoms. The number of anilines is 1. The summed E-state index contributed by atoms with van der Waals surface area (Å²) < 4.78 is 81.9. The molecule has 58 heavy (non-hydrogen) atoms. The lowest BCUT2D eigenvalue weighted by Gasteiger charge is -2.35. The van der Waals surface area contributed by atoms with Crippen LogP contribution in [0.15, 0.2) is 54.6 Å². The molecule has 0 radical (unpaired) electrons. The van der Waals surface area contributed by atoms with Gasteiger partial charge in [-0.3, -0.25) is 19.1 Å². The molecular formula is C39H40ClF3N6O7S2. The van der Waals surface area contributed by atoms with Gasteiger partial charge in [0, 0.05) is 45.1 Å². The van der Waals surface area contributed by atoms with Gasteiger partial charge < -0.3 is 25.0 Å². The summed E-state index contributed by atoms with van der Waals surface area (Å²) in [6, 6.07) is 3.90. The molecule has 13 nitrogen and oxygen atoms in total. The van der Waals surface area contributed by atoms with Crippen LogP contribution in [0.5, 0.6) is 11.6 Å². The summed E-state index contributed by atoms with van der Waals surface area (Å²) in [7, 11) is -2.46. The average molecular weight is 861 g/mol. The third kappa shape index (κ3) is 8.05. The number of benzene rings is 2. The first-order valence-electron chi connectivity index (χ1n) is 18.3. The molecule has 2 aromatic carbocycles. The summed E-state index contributed by atoms with van der Waals surface area (Å²) in [5, 5.41) is 8.34. The summed E-state index contributed by atoms with van der Waals surface area (Å²) in [4.78, 5) is 52.9. The Morgan fingerprint density at radius 2 is 1.83 bits per heavy atom. The Kier molecular flexibility index (Phi) is 10.9. The van der Waals surface area contributed by atoms with Crippen LogP contribution in [0.3, 0.4) is 0 Å². The molecule has 3 N–H and O–H groups in total. The van der Waals surface area contributed by atoms with Crippen LogP contribution in [0.1, 0.15) is 46.5 Å². The number of rotatable bonds is 13. The molecule has 308 valence electrons. The zero-order valence-corrected chi connectivity index (χ0v) is 34.2. The molecule has 5 atom stereocenters. The number of pyridine rings is 1. The number of nitrogens with one attached hydrogen (secondary N) is 3. The zero-order valence-electron chi connectivity index (χ0n) is 31.8. The number of carbonyl (C=O) groups excluding carboxylic acids is 3. The second kappa shape index (κ2) is 15.3. The van der Waals surface area contributed by atoms with Crippen molar-refractivity contribution in [2.75, 3.05) is 19.0 Å². The van der Waals surface area contributed by atoms with E-state index in [0.717, 1.165) is 11.3 Å². The summed E-state index contributed by atoms with van der Waals surface area (Å²) in [5.41, 5.74) is -2.74. The van der Waals surface area contributed by atoms with Crippen molar-refractivity contribution in [2.24, 2.45) is 11.3 Å². The lowest BCUT2D eigenvalue weighted by Crippen LogP contribution is -2.58. The van der Waals surface area contributed by atoms with Crippen molar-refractivity contribution >= 4 is 66.6 Å². The van der Waals surface area contributed by atoms with Crippen LogP contribution >= 0.6 is 22.9 Å². The molecule has 1 aliphatic heterocycles. The SMILES string of the molecule is C=C[C@@H]1C[C@]1(NC(=O)[C@@H]1C[C@@H](Oc2ncc(OC)c3ccc(Cl)cc23)CN1C(=O)[C@@H](Nc1nc(-c2cc(F)c(F)cc2F)cs1)C(C)(C)C)C(=O)NS(=O)(=O)C1CC1. The molecular weight excluding hydrogens is 821 g/mol. The van der Waals surface area contributed by atoms with E-state index in [2.05, 4.69) is 31.9 Å². The number of carbonyl (C=O) groups is 3. The minimum atomic E-state index is -3.95. The number of methoxy groups -OCH3 is 1. The fourth-order valence-corrected chi connectivity index (χ4v) is 9.37. The fraction of sp³-hybridized carbons (Fsp3) is 0.410. The smallest absolute Gasteiger partial charge is 0.259 e. The Hall–Kier alpha value is -4.94. The molecule has 2 aromatic heterocycles. The van der Waals surface area contributed by atoms with E-state index in [4.69, 9.17) is 21.1 Å². The topological polar surface area (TPSA) is 169 Å². The molecule has 1 saturated heterocycles. The van der Waals surface area contributed by atoms with Crippen LogP contribution in [-0.2, 0) is 24.4 Å². The predicted molar refractivity (Wildman–Crippen MR) is 211 cm³/mol. The number of likely N-dealkylation sites (tertiary alicyclic amines) is 1. The number of hydrogen-bond donors (Lipinski definition) is 3. The number of sulfonamides is 1. The van der Waals surface area contributed by atoms with E-state index in [1.54, 1.807) is 39.0 Å². The number of nitrogens with zero attached hydrogens (tertiary/aromatic N) is 3. The summed E-state index contributed by atoms with van der Waals surface area (Å²) in [5.74, 6) is -5.76. The van der Waals surface area contributed by atoms with Crippen molar-refractivity contribution in [1.29, 1.82) is 0 Å². The lowest BCUT2D eigenvalue weighted by molar-refractivity contribution is -0.141. The van der Waals surface area contributed by atoms with Crippen LogP contribution < -0.4 is 24.8 Å². The normalized spacial score (nSPS) is 22.3. The van der Waals surface area contributed by atoms with Gasteiger partial charge in [-0.1, -0.05) is 38.4 Å². The largest absolute Gasteiger partial charge is 0.494 e. The quantitative estimate of drug-likeness (QED) is 0.107. The maximum absolute atomic E-state index is 14.8. The van der Waals surface area contributed by atoms with Crippen molar-refractivity contribution < 1.29 is 45.4 Å². The van der Waals surface area contributed by atoms with E-state index in [-0.39, 0.29) is 41.7 Å². The zero-order chi connectivity index (χ0) is 41.9. The maximum atomic E-state index is 14.8. The van der Waals surface area contributed by atoms with Gasteiger partial charge in [-0.2, -0.15) is 0 Å². The minimum absolute atomic E-state index is 0.00343. The third-order valence-electron chi connectivity index (χ3n) is 10.5. The first-order valence-corrected chi connectivity index (χ1v) is 21.1. The first kappa shape index (κ1) is 41.2. The predicted octanol–water partition coefficient (Wildman–Crippen LogP) is 5.98. The van der Waals surface area contributed by atoms with E-state index in [1.807, 2.05) is 0 Å². The Labute approximate surface area is 341 Å². The maximum Gasteiger partial charge on any atom is 0.259 e. The average Bonchev–Trinajstić information content (AvgIpc) is 4.05. The fourth-order valence-electron chi connectivity index (χ4n) is 7.09. The third-order valence-corrected chi connectivity index (χ3v) is 13.4. The van der Waals surface area contributed by atoms with Gasteiger partial charge in [-0.25, -0.2) is 31.6 Å². The van der Waals surface area contributed by atoms with E-state index < -0.39 is 85.5 Å². The van der Waals surface area contributed by atoms with Crippen molar-refractivity contribution in [3.05, 3.63) is 77.0 Å². The molecule has 2 aliphatic carbocycles. The van der Waals surface area contributed by atoms with Crippen molar-refractivity contribution in [2.45, 2.75) is 75.4 Å². The molecule has 7 rings (SSSR count). The molecule has 2 saturated carbocycles. The van der Waals surface area contributed by atoms with Gasteiger partial charge in [0.1, 0.15) is 35.3 Å². The number of hydrogen-bond acceptors (Lipinski definition) is 11. The molecule has 3 heterocycles. The van der Waals surface area contributed by atoms with Gasteiger partial charge in [0.15, 0.2) is 16.8 Å². The van der Waals surface area contributed by atoms with Gasteiger partial charge in [-0.05, 0) is 48.9 Å². The van der Waals surface area contributed by atoms with Gasteiger partial charge >= 0.3 is 0 Å². The Bertz CT molecular complexity index is 2440. The van der Waals surface area contributed by atoms with Gasteiger partial charge in [0.05, 0.1) is 30.8 Å². The van der Waals surface area contributed by atoms with Gasteiger partial charge in [0.2, 0.25) is 27.7 Å². The molecule has 4 aromatic rings. The van der Waals surface area contributed by atoms with Crippen molar-refractivity contribution in [3.8, 4) is 22.9 Å². The summed E-state index contributed by atoms with van der Waals surface area (Å²) in [6.45, 7) is 8.97. The first-order chi connectivity index (χ1) is 27.3. The van der Waals surface area contributed by atoms with Crippen LogP contribution in [0.25, 0.3) is 22.0 Å². The highest BCUT2D eigenvalue weighted by Crippen LogP contribution is 2.46. The molecule has 3 amide bonds. The number of aromatic nitrogens is 2. The molecule has 19 heteroatoms. The number of ether oxygens (including phenoxy) is 2. The van der Waals surface area contributed by atoms with Crippen LogP contribution in [-0.4, -0.2) is 83.6 Å². The number of amides is 3. The molecule has 0 spiro atoms. The Morgan fingerprint density at radius 3 is 2.48 bits per heavy atom. The Balaban J connectivity index is 1.20. The highest BCUT2D eigenvalue weighted by atomic mass is 35.5. The van der Waals surface area contributed by atoms with Gasteiger partial charge in [0.25, 0.3) is 5.91 Å². The monoisotopic (exact) mass is 860 g/mol. The number of fused-ring (bicyclic) bond motifs is 1. The van der Waals surface area contributed by atoms with Crippen molar-refractivity contribution in [1.82, 2.24) is 24.9 Å². The van der Waals surface area contributed by atoms with Crippen LogP contribution in [0.2, 0.25) is 5.02 Å². The second-order valence-corrected chi connectivity index (χ2v) is 19.0. The standard InChI is InChI=1S/C39H40ClF3N6O7S2/c1-6-19-15-39(19,36(52)48-58(53,54)22-8-9-22)47-33(50)30-12-21(56-34-24-11-20(40)7-10-23(24)31(55-5)16-44-34)17-49(30)35(51)32(38(2,3)4)46-37-45-29(18-57-37)25-13-27(42)28(43)14-26(25)41/h6-7,10-11,13-14,16,18-19,21-22,30,32H,1,8-9,12,15,17H2,2-5H3,(H,45,46)(H,47,50)(H,48,52)/t19-,21-,30+,32-,39-/m1/s1. The summed E-state index contributed by atoms with van der Waals surface area (Å²) in [6.07, 6.45) is 3.00. The van der Waals surface area contributed by atoms with Crippen molar-refractivity contribution in [3.63, 3.8) is 0 Å². The molecule has 0 unspecified atom stereocenters. The van der Waals surface area contributed by atoms with E-state index in [0.29, 0.717) is 46.5 Å². The minimum Gasteiger partial charge on any atom is -0.494 e. The van der Waals surface area contributed by atoms with E-state index in [1.165, 1.54) is 29.7 Å². The summed E-state index contributed by atoms with van der Waals surface area (Å²) >= 11 is 7.35. The molecule has 3 fully saturated rings. The second-order valence-electron chi connectivity index (χ2n) is 15.7. The van der Waals surface area contributed by atoms with Crippen LogP contribution in [0.4, 0.5) is 18.3 Å². The lowest BCUT2D eigenvalue weighted by atomic mass is 9.85. The van der Waals surface area contributed by atoms with Gasteiger partial charge in [-0.15, -0.1) is 17.9 Å². The highest BCUT2D eigenvalue weighted by Gasteiger charge is 2.62. The number of thiazole rings is 1. The van der Waals surface area contributed by atoms with Crippen LogP contribution in [0, 0.1) is 28.8 Å². The Morgan fingerprint density at radius 1 is 1.10 bits per heavy atom. The van der Waals surface area contributed by atoms with E-state index in [9.17, 15) is 36.0 Å². The number of halogens is 4. The molecule has 3 aliphatic rings. The van der Waals surface area contributed by atoms with E-state index >= 15 is 0 Å². The highest BCUT2D eigenvalue weighted by molar-refractivity contribution is 7.91.